The standard InChI is InChI=1S/C33H59/c1-4-6-8-10-12-14-16-18-20-22-24-27-32-29-26-30-33(31(32)3)28-25-23-21-19-17-15-13-11-9-7-5-2/h26,29-30H,3-25,27-28H2,1-2H3. The minimum absolute atomic E-state index is 1.22. The van der Waals surface area contributed by atoms with E-state index in [1.807, 2.05) is 0 Å². The smallest absolute Gasteiger partial charge is 0.0233 e. The van der Waals surface area contributed by atoms with Gasteiger partial charge in [-0.3, -0.25) is 0 Å². The molecule has 0 spiro atoms. The third-order valence-corrected chi connectivity index (χ3v) is 7.47. The molecule has 0 aliphatic heterocycles. The van der Waals surface area contributed by atoms with Gasteiger partial charge in [0.2, 0.25) is 0 Å². The quantitative estimate of drug-likeness (QED) is 0.136. The van der Waals surface area contributed by atoms with Gasteiger partial charge in [0.1, 0.15) is 0 Å². The van der Waals surface area contributed by atoms with E-state index in [-0.39, 0.29) is 0 Å². The van der Waals surface area contributed by atoms with Crippen LogP contribution in [-0.2, 0) is 12.8 Å². The molecule has 1 aromatic carbocycles. The van der Waals surface area contributed by atoms with E-state index in [1.165, 1.54) is 171 Å². The Labute approximate surface area is 209 Å². The Morgan fingerprint density at radius 2 is 0.697 bits per heavy atom. The van der Waals surface area contributed by atoms with Crippen LogP contribution in [0.5, 0.6) is 0 Å². The van der Waals surface area contributed by atoms with Crippen LogP contribution < -0.4 is 0 Å². The van der Waals surface area contributed by atoms with Crippen molar-refractivity contribution >= 4 is 0 Å². The largest absolute Gasteiger partial charge is 0.0654 e. The summed E-state index contributed by atoms with van der Waals surface area (Å²) in [6, 6.07) is 6.92. The second kappa shape index (κ2) is 23.0. The summed E-state index contributed by atoms with van der Waals surface area (Å²) in [4.78, 5) is 0. The molecule has 0 heteroatoms. The summed E-state index contributed by atoms with van der Waals surface area (Å²) in [6.45, 7) is 9.06. The van der Waals surface area contributed by atoms with Crippen LogP contribution in [0, 0.1) is 6.92 Å². The van der Waals surface area contributed by atoms with Crippen LogP contribution in [0.15, 0.2) is 18.2 Å². The molecule has 0 amide bonds. The summed E-state index contributed by atoms with van der Waals surface area (Å²) in [5.41, 5.74) is 4.36. The summed E-state index contributed by atoms with van der Waals surface area (Å²) in [5, 5.41) is 0. The van der Waals surface area contributed by atoms with Crippen molar-refractivity contribution in [2.45, 2.75) is 168 Å². The van der Waals surface area contributed by atoms with Crippen molar-refractivity contribution < 1.29 is 0 Å². The maximum absolute atomic E-state index is 4.46. The Bertz CT molecular complexity index is 485. The third kappa shape index (κ3) is 17.3. The van der Waals surface area contributed by atoms with Gasteiger partial charge in [-0.25, -0.2) is 0 Å². The number of aryl methyl sites for hydroxylation is 2. The molecule has 0 bridgehead atoms. The SMILES string of the molecule is [CH2]c1c(CCCCCCCCCCCCC)cccc1CCCCCCCCCCCCC. The highest BCUT2D eigenvalue weighted by Gasteiger charge is 2.04. The minimum Gasteiger partial charge on any atom is -0.0654 e. The zero-order valence-electron chi connectivity index (χ0n) is 22.9. The molecule has 191 valence electrons. The van der Waals surface area contributed by atoms with Gasteiger partial charge in [-0.05, 0) is 49.3 Å². The van der Waals surface area contributed by atoms with E-state index in [9.17, 15) is 0 Å². The van der Waals surface area contributed by atoms with Gasteiger partial charge in [0.05, 0.1) is 0 Å². The van der Waals surface area contributed by atoms with Gasteiger partial charge >= 0.3 is 0 Å². The van der Waals surface area contributed by atoms with Gasteiger partial charge in [-0.2, -0.15) is 0 Å². The summed E-state index contributed by atoms with van der Waals surface area (Å²) in [5.74, 6) is 0. The molecular formula is C33H59. The summed E-state index contributed by atoms with van der Waals surface area (Å²) < 4.78 is 0. The molecule has 0 N–H and O–H groups in total. The van der Waals surface area contributed by atoms with Gasteiger partial charge in [-0.15, -0.1) is 0 Å². The van der Waals surface area contributed by atoms with E-state index in [1.54, 1.807) is 0 Å². The second-order valence-corrected chi connectivity index (χ2v) is 10.6. The van der Waals surface area contributed by atoms with Crippen LogP contribution in [-0.4, -0.2) is 0 Å². The molecule has 1 aromatic rings. The van der Waals surface area contributed by atoms with Crippen molar-refractivity contribution in [1.29, 1.82) is 0 Å². The lowest BCUT2D eigenvalue weighted by molar-refractivity contribution is 0.548. The third-order valence-electron chi connectivity index (χ3n) is 7.47. The van der Waals surface area contributed by atoms with E-state index in [2.05, 4.69) is 39.0 Å². The first-order chi connectivity index (χ1) is 16.3. The Morgan fingerprint density at radius 3 is 1.00 bits per heavy atom. The van der Waals surface area contributed by atoms with E-state index >= 15 is 0 Å². The van der Waals surface area contributed by atoms with Crippen molar-refractivity contribution in [3.05, 3.63) is 41.8 Å². The molecule has 0 aliphatic rings. The van der Waals surface area contributed by atoms with E-state index < -0.39 is 0 Å². The molecule has 0 atom stereocenters. The molecule has 0 saturated heterocycles. The Morgan fingerprint density at radius 1 is 0.424 bits per heavy atom. The molecule has 0 unspecified atom stereocenters. The van der Waals surface area contributed by atoms with Crippen molar-refractivity contribution in [3.63, 3.8) is 0 Å². The predicted molar refractivity (Wildman–Crippen MR) is 151 cm³/mol. The summed E-state index contributed by atoms with van der Waals surface area (Å²) in [7, 11) is 0. The van der Waals surface area contributed by atoms with Crippen LogP contribution >= 0.6 is 0 Å². The van der Waals surface area contributed by atoms with Gasteiger partial charge in [0, 0.05) is 0 Å². The molecule has 0 heterocycles. The van der Waals surface area contributed by atoms with Crippen LogP contribution in [0.4, 0.5) is 0 Å². The summed E-state index contributed by atoms with van der Waals surface area (Å²) >= 11 is 0. The van der Waals surface area contributed by atoms with Gasteiger partial charge in [-0.1, -0.05) is 160 Å². The van der Waals surface area contributed by atoms with Crippen molar-refractivity contribution in [3.8, 4) is 0 Å². The highest BCUT2D eigenvalue weighted by molar-refractivity contribution is 5.37. The first kappa shape index (κ1) is 30.3. The van der Waals surface area contributed by atoms with E-state index in [0.717, 1.165) is 0 Å². The zero-order chi connectivity index (χ0) is 23.8. The van der Waals surface area contributed by atoms with Crippen LogP contribution in [0.1, 0.15) is 172 Å². The van der Waals surface area contributed by atoms with Gasteiger partial charge in [0.25, 0.3) is 0 Å². The fourth-order valence-electron chi connectivity index (χ4n) is 5.12. The molecule has 1 radical (unpaired) electrons. The lowest BCUT2D eigenvalue weighted by atomic mass is 9.94. The highest BCUT2D eigenvalue weighted by Crippen LogP contribution is 2.20. The number of benzene rings is 1. The first-order valence-corrected chi connectivity index (χ1v) is 15.2. The van der Waals surface area contributed by atoms with E-state index in [4.69, 9.17) is 0 Å². The molecule has 1 rings (SSSR count). The maximum Gasteiger partial charge on any atom is -0.0233 e. The molecule has 0 aromatic heterocycles. The van der Waals surface area contributed by atoms with Gasteiger partial charge in [0.15, 0.2) is 0 Å². The monoisotopic (exact) mass is 455 g/mol. The average Bonchev–Trinajstić information content (AvgIpc) is 2.82. The lowest BCUT2D eigenvalue weighted by Gasteiger charge is -2.11. The van der Waals surface area contributed by atoms with Crippen LogP contribution in [0.25, 0.3) is 0 Å². The molecular weight excluding hydrogens is 396 g/mol. The number of unbranched alkanes of at least 4 members (excludes halogenated alkanes) is 20. The normalized spacial score (nSPS) is 11.4. The molecule has 33 heavy (non-hydrogen) atoms. The molecule has 0 nitrogen and oxygen atoms in total. The van der Waals surface area contributed by atoms with E-state index in [0.29, 0.717) is 0 Å². The van der Waals surface area contributed by atoms with Gasteiger partial charge < -0.3 is 0 Å². The number of hydrogen-bond donors (Lipinski definition) is 0. The highest BCUT2D eigenvalue weighted by atomic mass is 14.1. The molecule has 0 fully saturated rings. The maximum atomic E-state index is 4.46. The Kier molecular flexibility index (Phi) is 21.1. The summed E-state index contributed by atoms with van der Waals surface area (Å²) in [6.07, 6.45) is 33.7. The first-order valence-electron chi connectivity index (χ1n) is 15.2. The average molecular weight is 456 g/mol. The lowest BCUT2D eigenvalue weighted by Crippen LogP contribution is -1.97. The van der Waals surface area contributed by atoms with Crippen LogP contribution in [0.2, 0.25) is 0 Å². The van der Waals surface area contributed by atoms with Crippen LogP contribution in [0.3, 0.4) is 0 Å². The topological polar surface area (TPSA) is 0 Å². The fourth-order valence-corrected chi connectivity index (χ4v) is 5.12. The van der Waals surface area contributed by atoms with Crippen molar-refractivity contribution in [2.24, 2.45) is 0 Å². The number of hydrogen-bond acceptors (Lipinski definition) is 0. The van der Waals surface area contributed by atoms with Crippen molar-refractivity contribution in [1.82, 2.24) is 0 Å². The van der Waals surface area contributed by atoms with Crippen molar-refractivity contribution in [2.75, 3.05) is 0 Å². The minimum atomic E-state index is 1.22. The second-order valence-electron chi connectivity index (χ2n) is 10.6. The Balaban J connectivity index is 2.03. The predicted octanol–water partition coefficient (Wildman–Crippen LogP) is 11.6. The molecule has 0 aliphatic carbocycles. The molecule has 0 saturated carbocycles. The zero-order valence-corrected chi connectivity index (χ0v) is 22.9. The fraction of sp³-hybridized carbons (Fsp3) is 0.788. The number of rotatable bonds is 24. The Hall–Kier alpha value is -0.780.